The van der Waals surface area contributed by atoms with Gasteiger partial charge in [-0.3, -0.25) is 0 Å². The van der Waals surface area contributed by atoms with Gasteiger partial charge < -0.3 is 8.83 Å². The fourth-order valence-corrected chi connectivity index (χ4v) is 11.1. The standard InChI is InChI=1S/C63H40N2O2/c1-63(2)52-27-14-26-48(60(52)50-32-38-18-6-7-19-39(38)33-53(50)63)55-36-54(64-62(65-55)37-16-4-3-5-17-37)45-31-30-44(40-20-8-10-22-42(40)45)41-21-9-11-23-43(41)47-25-15-29-57-61(47)51-35-58-49(34-59(51)67-57)46-24-12-13-28-56(46)66-58/h3-36H,1-2H3. The molecule has 314 valence electrons. The maximum Gasteiger partial charge on any atom is 0.160 e. The Bertz CT molecular complexity index is 4190. The maximum atomic E-state index is 6.62. The molecule has 0 unspecified atom stereocenters. The Balaban J connectivity index is 0.954. The molecule has 4 nitrogen and oxygen atoms in total. The normalized spacial score (nSPS) is 13.0. The lowest BCUT2D eigenvalue weighted by Crippen LogP contribution is -2.14. The summed E-state index contributed by atoms with van der Waals surface area (Å²) in [5, 5.41) is 9.00. The number of hydrogen-bond donors (Lipinski definition) is 0. The predicted octanol–water partition coefficient (Wildman–Crippen LogP) is 17.2. The summed E-state index contributed by atoms with van der Waals surface area (Å²) in [5.74, 6) is 0.695. The molecule has 0 saturated heterocycles. The van der Waals surface area contributed by atoms with Gasteiger partial charge in [-0.2, -0.15) is 0 Å². The van der Waals surface area contributed by atoms with E-state index in [-0.39, 0.29) is 5.41 Å². The minimum Gasteiger partial charge on any atom is -0.456 e. The van der Waals surface area contributed by atoms with Crippen LogP contribution in [-0.4, -0.2) is 9.97 Å². The van der Waals surface area contributed by atoms with Crippen molar-refractivity contribution in [1.82, 2.24) is 9.97 Å². The van der Waals surface area contributed by atoms with Crippen LogP contribution in [0, 0.1) is 0 Å². The van der Waals surface area contributed by atoms with E-state index in [4.69, 9.17) is 18.8 Å². The Morgan fingerprint density at radius 2 is 0.910 bits per heavy atom. The largest absolute Gasteiger partial charge is 0.456 e. The van der Waals surface area contributed by atoms with Crippen molar-refractivity contribution < 1.29 is 8.83 Å². The van der Waals surface area contributed by atoms with E-state index in [0.717, 1.165) is 105 Å². The molecule has 0 atom stereocenters. The molecule has 0 radical (unpaired) electrons. The molecule has 67 heavy (non-hydrogen) atoms. The Kier molecular flexibility index (Phi) is 8.00. The molecule has 3 aromatic heterocycles. The average Bonchev–Trinajstić information content (AvgIpc) is 4.01. The summed E-state index contributed by atoms with van der Waals surface area (Å²) in [7, 11) is 0. The first-order valence-corrected chi connectivity index (χ1v) is 23.0. The quantitative estimate of drug-likeness (QED) is 0.173. The second-order valence-corrected chi connectivity index (χ2v) is 18.4. The minimum atomic E-state index is -0.178. The summed E-state index contributed by atoms with van der Waals surface area (Å²) >= 11 is 0. The zero-order chi connectivity index (χ0) is 44.4. The first-order valence-electron chi connectivity index (χ1n) is 23.0. The Morgan fingerprint density at radius 3 is 1.73 bits per heavy atom. The molecule has 0 saturated carbocycles. The van der Waals surface area contributed by atoms with Crippen molar-refractivity contribution in [3.63, 3.8) is 0 Å². The van der Waals surface area contributed by atoms with E-state index >= 15 is 0 Å². The highest BCUT2D eigenvalue weighted by Gasteiger charge is 2.37. The van der Waals surface area contributed by atoms with Crippen LogP contribution in [0.15, 0.2) is 215 Å². The first kappa shape index (κ1) is 37.7. The molecule has 0 aliphatic heterocycles. The molecule has 10 aromatic carbocycles. The summed E-state index contributed by atoms with van der Waals surface area (Å²) in [5.41, 5.74) is 17.8. The lowest BCUT2D eigenvalue weighted by Gasteiger charge is -2.22. The highest BCUT2D eigenvalue weighted by atomic mass is 16.3. The number of rotatable bonds is 5. The number of nitrogens with zero attached hydrogens (tertiary/aromatic N) is 2. The van der Waals surface area contributed by atoms with Crippen LogP contribution in [0.3, 0.4) is 0 Å². The van der Waals surface area contributed by atoms with Crippen molar-refractivity contribution in [2.24, 2.45) is 0 Å². The van der Waals surface area contributed by atoms with Crippen LogP contribution >= 0.6 is 0 Å². The van der Waals surface area contributed by atoms with Gasteiger partial charge in [0.2, 0.25) is 0 Å². The lowest BCUT2D eigenvalue weighted by molar-refractivity contribution is 0.661. The molecule has 0 N–H and O–H groups in total. The smallest absolute Gasteiger partial charge is 0.160 e. The summed E-state index contributed by atoms with van der Waals surface area (Å²) in [4.78, 5) is 10.8. The molecular weight excluding hydrogens is 817 g/mol. The van der Waals surface area contributed by atoms with Crippen LogP contribution in [0.1, 0.15) is 25.0 Å². The first-order chi connectivity index (χ1) is 33.0. The van der Waals surface area contributed by atoms with E-state index in [2.05, 4.69) is 202 Å². The summed E-state index contributed by atoms with van der Waals surface area (Å²) in [6.45, 7) is 4.69. The third-order valence-corrected chi connectivity index (χ3v) is 14.3. The monoisotopic (exact) mass is 856 g/mol. The van der Waals surface area contributed by atoms with Gasteiger partial charge in [-0.1, -0.05) is 178 Å². The number of fused-ring (bicyclic) bond motifs is 11. The zero-order valence-corrected chi connectivity index (χ0v) is 36.8. The molecule has 0 amide bonds. The molecule has 0 spiro atoms. The van der Waals surface area contributed by atoms with Gasteiger partial charge in [-0.25, -0.2) is 9.97 Å². The van der Waals surface area contributed by atoms with Gasteiger partial charge in [0.25, 0.3) is 0 Å². The SMILES string of the molecule is CC1(C)c2cc3ccccc3cc2-c2c(-c3cc(-c4ccc(-c5ccccc5-c5cccc6oc7cc8c(cc7c56)oc5ccccc58)c5ccccc45)nc(-c4ccccc4)n3)cccc21. The van der Waals surface area contributed by atoms with Crippen molar-refractivity contribution in [2.45, 2.75) is 19.3 Å². The van der Waals surface area contributed by atoms with Gasteiger partial charge >= 0.3 is 0 Å². The second kappa shape index (κ2) is 14.2. The summed E-state index contributed by atoms with van der Waals surface area (Å²) < 4.78 is 13.0. The predicted molar refractivity (Wildman–Crippen MR) is 276 cm³/mol. The van der Waals surface area contributed by atoms with E-state index in [9.17, 15) is 0 Å². The Hall–Kier alpha value is -8.60. The van der Waals surface area contributed by atoms with Gasteiger partial charge in [0.05, 0.1) is 11.4 Å². The number of aromatic nitrogens is 2. The minimum absolute atomic E-state index is 0.178. The van der Waals surface area contributed by atoms with Crippen LogP contribution in [0.5, 0.6) is 0 Å². The molecule has 1 aliphatic rings. The highest BCUT2D eigenvalue weighted by molar-refractivity contribution is 6.19. The van der Waals surface area contributed by atoms with E-state index in [0.29, 0.717) is 5.82 Å². The molecule has 13 aromatic rings. The average molecular weight is 857 g/mol. The second-order valence-electron chi connectivity index (χ2n) is 18.4. The van der Waals surface area contributed by atoms with Gasteiger partial charge in [0, 0.05) is 43.7 Å². The topological polar surface area (TPSA) is 52.1 Å². The van der Waals surface area contributed by atoms with Crippen molar-refractivity contribution in [3.05, 3.63) is 217 Å². The van der Waals surface area contributed by atoms with Crippen molar-refractivity contribution >= 4 is 65.4 Å². The fourth-order valence-electron chi connectivity index (χ4n) is 11.1. The van der Waals surface area contributed by atoms with Crippen LogP contribution in [0.2, 0.25) is 0 Å². The van der Waals surface area contributed by atoms with Crippen LogP contribution in [-0.2, 0) is 5.41 Å². The third-order valence-electron chi connectivity index (χ3n) is 14.3. The number of benzene rings is 10. The van der Waals surface area contributed by atoms with Crippen LogP contribution in [0.4, 0.5) is 0 Å². The highest BCUT2D eigenvalue weighted by Crippen LogP contribution is 2.53. The third kappa shape index (κ3) is 5.66. The van der Waals surface area contributed by atoms with Crippen LogP contribution in [0.25, 0.3) is 133 Å². The van der Waals surface area contributed by atoms with Crippen molar-refractivity contribution in [3.8, 4) is 67.3 Å². The summed E-state index contributed by atoms with van der Waals surface area (Å²) in [6.07, 6.45) is 0. The van der Waals surface area contributed by atoms with Crippen molar-refractivity contribution in [2.75, 3.05) is 0 Å². The van der Waals surface area contributed by atoms with Gasteiger partial charge in [0.1, 0.15) is 22.3 Å². The number of hydrogen-bond acceptors (Lipinski definition) is 4. The molecule has 0 fully saturated rings. The van der Waals surface area contributed by atoms with Gasteiger partial charge in [-0.15, -0.1) is 0 Å². The molecule has 1 aliphatic carbocycles. The zero-order valence-electron chi connectivity index (χ0n) is 36.8. The maximum absolute atomic E-state index is 6.62. The van der Waals surface area contributed by atoms with E-state index < -0.39 is 0 Å². The molecule has 4 heteroatoms. The Morgan fingerprint density at radius 1 is 0.343 bits per heavy atom. The lowest BCUT2D eigenvalue weighted by atomic mass is 9.81. The summed E-state index contributed by atoms with van der Waals surface area (Å²) in [6, 6.07) is 73.6. The van der Waals surface area contributed by atoms with E-state index in [1.807, 2.05) is 18.2 Å². The van der Waals surface area contributed by atoms with Gasteiger partial charge in [0.15, 0.2) is 5.82 Å². The van der Waals surface area contributed by atoms with E-state index in [1.54, 1.807) is 0 Å². The molecule has 14 rings (SSSR count). The number of furan rings is 2. The molecule has 3 heterocycles. The molecular formula is C63H40N2O2. The fraction of sp³-hybridized carbons (Fsp3) is 0.0476. The Labute approximate surface area is 386 Å². The molecule has 0 bridgehead atoms. The van der Waals surface area contributed by atoms with E-state index in [1.165, 1.54) is 33.0 Å². The van der Waals surface area contributed by atoms with Crippen LogP contribution < -0.4 is 0 Å². The van der Waals surface area contributed by atoms with Gasteiger partial charge in [-0.05, 0) is 109 Å². The number of para-hydroxylation sites is 1. The van der Waals surface area contributed by atoms with Crippen molar-refractivity contribution in [1.29, 1.82) is 0 Å².